The zero-order valence-corrected chi connectivity index (χ0v) is 28.4. The Morgan fingerprint density at radius 2 is 1.79 bits per heavy atom. The second-order valence-electron chi connectivity index (χ2n) is 11.8. The first-order valence-corrected chi connectivity index (χ1v) is 18.0. The van der Waals surface area contributed by atoms with Crippen LogP contribution < -0.4 is 21.1 Å². The lowest BCUT2D eigenvalue weighted by Crippen LogP contribution is -2.40. The summed E-state index contributed by atoms with van der Waals surface area (Å²) in [6, 6.07) is 23.0. The molecule has 48 heavy (non-hydrogen) atoms. The number of nitrogens with one attached hydrogen (secondary N) is 2. The van der Waals surface area contributed by atoms with Crippen molar-refractivity contribution < 1.29 is 26.7 Å². The van der Waals surface area contributed by atoms with Crippen molar-refractivity contribution in [1.82, 2.24) is 5.32 Å². The van der Waals surface area contributed by atoms with E-state index in [0.717, 1.165) is 0 Å². The largest absolute Gasteiger partial charge is 0.490 e. The Balaban J connectivity index is 1.22. The van der Waals surface area contributed by atoms with Gasteiger partial charge in [0.05, 0.1) is 27.7 Å². The molecule has 2 unspecified atom stereocenters. The SMILES string of the molecule is NC1(c2cccc(Br)c2OCc2cccc(F)c2)N=CNc2cc(F)c(C3(CCCNCCS(=O)(=O)c4ccccc4)CC=CO3)cc21. The van der Waals surface area contributed by atoms with E-state index < -0.39 is 26.9 Å². The minimum absolute atomic E-state index is 0.0324. The van der Waals surface area contributed by atoms with Gasteiger partial charge in [0.15, 0.2) is 15.5 Å². The highest BCUT2D eigenvalue weighted by atomic mass is 79.9. The highest BCUT2D eigenvalue weighted by molar-refractivity contribution is 9.10. The summed E-state index contributed by atoms with van der Waals surface area (Å²) in [6.45, 7) is 0.882. The molecular formula is C36H35BrF2N4O4S. The topological polar surface area (TPSA) is 115 Å². The average Bonchev–Trinajstić information content (AvgIpc) is 3.55. The molecular weight excluding hydrogens is 702 g/mol. The minimum Gasteiger partial charge on any atom is -0.490 e. The molecule has 0 bridgehead atoms. The summed E-state index contributed by atoms with van der Waals surface area (Å²) in [4.78, 5) is 4.94. The lowest BCUT2D eigenvalue weighted by molar-refractivity contribution is 0.0270. The smallest absolute Gasteiger partial charge is 0.179 e. The number of benzene rings is 4. The van der Waals surface area contributed by atoms with Crippen LogP contribution in [0.25, 0.3) is 0 Å². The summed E-state index contributed by atoms with van der Waals surface area (Å²) in [6.07, 6.45) is 6.37. The van der Waals surface area contributed by atoms with Crippen LogP contribution in [-0.2, 0) is 32.4 Å². The maximum absolute atomic E-state index is 16.0. The summed E-state index contributed by atoms with van der Waals surface area (Å²) in [5.41, 5.74) is 7.13. The Hall–Kier alpha value is -4.10. The van der Waals surface area contributed by atoms with Crippen molar-refractivity contribution >= 4 is 37.8 Å². The van der Waals surface area contributed by atoms with Crippen molar-refractivity contribution in [3.63, 3.8) is 0 Å². The number of aliphatic imine (C=N–C) groups is 1. The maximum Gasteiger partial charge on any atom is 0.179 e. The van der Waals surface area contributed by atoms with Crippen molar-refractivity contribution in [3.8, 4) is 5.75 Å². The Bertz CT molecular complexity index is 1950. The standard InChI is InChI=1S/C36H35BrF2N4O4S/c37-31-13-5-12-28(34(31)46-23-25-8-4-9-26(38)20-25)36(40)30-21-29(32(39)22-33(30)42-24-43-36)35(15-7-18-47-35)14-6-16-41-17-19-48(44,45)27-10-2-1-3-11-27/h1-5,7-13,18,20-22,24,41H,6,14-17,19,23,40H2,(H,42,43). The van der Waals surface area contributed by atoms with Crippen molar-refractivity contribution in [2.45, 2.75) is 42.0 Å². The van der Waals surface area contributed by atoms with Gasteiger partial charge in [-0.15, -0.1) is 0 Å². The van der Waals surface area contributed by atoms with Crippen LogP contribution in [0.4, 0.5) is 14.5 Å². The predicted molar refractivity (Wildman–Crippen MR) is 185 cm³/mol. The number of anilines is 1. The van der Waals surface area contributed by atoms with Gasteiger partial charge in [0.2, 0.25) is 0 Å². The first-order chi connectivity index (χ1) is 23.1. The van der Waals surface area contributed by atoms with Crippen LogP contribution in [0.2, 0.25) is 0 Å². The van der Waals surface area contributed by atoms with Gasteiger partial charge >= 0.3 is 0 Å². The van der Waals surface area contributed by atoms with Crippen molar-refractivity contribution in [2.24, 2.45) is 10.7 Å². The number of nitrogens with zero attached hydrogens (tertiary/aromatic N) is 1. The van der Waals surface area contributed by atoms with Crippen LogP contribution in [0.5, 0.6) is 5.75 Å². The molecule has 12 heteroatoms. The van der Waals surface area contributed by atoms with Crippen LogP contribution in [0, 0.1) is 11.6 Å². The van der Waals surface area contributed by atoms with Crippen LogP contribution in [0.15, 0.2) is 112 Å². The number of ether oxygens (including phenoxy) is 2. The molecule has 0 saturated carbocycles. The number of nitrogens with two attached hydrogens (primary N) is 1. The van der Waals surface area contributed by atoms with Crippen LogP contribution >= 0.6 is 15.9 Å². The van der Waals surface area contributed by atoms with E-state index in [2.05, 4.69) is 31.6 Å². The molecule has 2 atom stereocenters. The molecule has 0 amide bonds. The van der Waals surface area contributed by atoms with Crippen LogP contribution in [-0.4, -0.2) is 33.6 Å². The van der Waals surface area contributed by atoms with Crippen molar-refractivity contribution in [3.05, 3.63) is 136 Å². The van der Waals surface area contributed by atoms with Gasteiger partial charge in [0, 0.05) is 35.3 Å². The summed E-state index contributed by atoms with van der Waals surface area (Å²) >= 11 is 3.57. The van der Waals surface area contributed by atoms with Crippen LogP contribution in [0.1, 0.15) is 41.5 Å². The lowest BCUT2D eigenvalue weighted by Gasteiger charge is -2.36. The third kappa shape index (κ3) is 7.02. The molecule has 4 aromatic rings. The zero-order valence-electron chi connectivity index (χ0n) is 26.0. The lowest BCUT2D eigenvalue weighted by atomic mass is 9.81. The maximum atomic E-state index is 16.0. The van der Waals surface area contributed by atoms with E-state index in [4.69, 9.17) is 15.2 Å². The fourth-order valence-corrected chi connectivity index (χ4v) is 7.79. The number of fused-ring (bicyclic) bond motifs is 1. The monoisotopic (exact) mass is 736 g/mol. The van der Waals surface area contributed by atoms with Gasteiger partial charge in [0.1, 0.15) is 29.6 Å². The molecule has 0 spiro atoms. The Labute approximate surface area is 287 Å². The van der Waals surface area contributed by atoms with E-state index in [1.54, 1.807) is 60.9 Å². The van der Waals surface area contributed by atoms with Gasteiger partial charge < -0.3 is 20.1 Å². The fraction of sp³-hybridized carbons (Fsp3) is 0.250. The second kappa shape index (κ2) is 14.2. The summed E-state index contributed by atoms with van der Waals surface area (Å²) in [5.74, 6) is -0.431. The third-order valence-electron chi connectivity index (χ3n) is 8.57. The molecule has 2 heterocycles. The van der Waals surface area contributed by atoms with E-state index in [0.29, 0.717) is 68.9 Å². The second-order valence-corrected chi connectivity index (χ2v) is 14.7. The Morgan fingerprint density at radius 1 is 0.979 bits per heavy atom. The molecule has 2 aliphatic rings. The third-order valence-corrected chi connectivity index (χ3v) is 10.9. The molecule has 0 fully saturated rings. The van der Waals surface area contributed by atoms with Gasteiger partial charge in [-0.2, -0.15) is 0 Å². The van der Waals surface area contributed by atoms with Gasteiger partial charge in [-0.3, -0.25) is 5.73 Å². The van der Waals surface area contributed by atoms with E-state index in [1.807, 2.05) is 18.2 Å². The molecule has 0 aromatic heterocycles. The molecule has 6 rings (SSSR count). The fourth-order valence-electron chi connectivity index (χ4n) is 6.09. The molecule has 8 nitrogen and oxygen atoms in total. The molecule has 0 aliphatic carbocycles. The summed E-state index contributed by atoms with van der Waals surface area (Å²) < 4.78 is 68.0. The van der Waals surface area contributed by atoms with E-state index in [1.165, 1.54) is 24.5 Å². The number of halogens is 3. The highest BCUT2D eigenvalue weighted by Crippen LogP contribution is 2.47. The number of rotatable bonds is 13. The number of hydrogen-bond acceptors (Lipinski definition) is 8. The minimum atomic E-state index is -3.40. The average molecular weight is 738 g/mol. The number of sulfone groups is 1. The van der Waals surface area contributed by atoms with Crippen LogP contribution in [0.3, 0.4) is 0 Å². The normalized spacial score (nSPS) is 19.8. The van der Waals surface area contributed by atoms with Gasteiger partial charge in [-0.1, -0.05) is 42.5 Å². The molecule has 250 valence electrons. The summed E-state index contributed by atoms with van der Waals surface area (Å²) in [5, 5.41) is 6.23. The molecule has 4 aromatic carbocycles. The number of para-hydroxylation sites is 1. The first-order valence-electron chi connectivity index (χ1n) is 15.5. The Kier molecular flexibility index (Phi) is 9.98. The van der Waals surface area contributed by atoms with Crippen molar-refractivity contribution in [1.29, 1.82) is 0 Å². The van der Waals surface area contributed by atoms with E-state index in [-0.39, 0.29) is 24.7 Å². The van der Waals surface area contributed by atoms with E-state index >= 15 is 4.39 Å². The molecule has 2 aliphatic heterocycles. The molecule has 4 N–H and O–H groups in total. The van der Waals surface area contributed by atoms with Crippen molar-refractivity contribution in [2.75, 3.05) is 24.2 Å². The van der Waals surface area contributed by atoms with Gasteiger partial charge in [-0.25, -0.2) is 22.2 Å². The van der Waals surface area contributed by atoms with E-state index in [9.17, 15) is 12.8 Å². The Morgan fingerprint density at radius 3 is 2.56 bits per heavy atom. The zero-order chi connectivity index (χ0) is 33.8. The summed E-state index contributed by atoms with van der Waals surface area (Å²) in [7, 11) is -3.40. The van der Waals surface area contributed by atoms with Gasteiger partial charge in [0.25, 0.3) is 0 Å². The number of hydrogen-bond donors (Lipinski definition) is 3. The predicted octanol–water partition coefficient (Wildman–Crippen LogP) is 6.89. The quantitative estimate of drug-likeness (QED) is 0.128. The molecule has 0 radical (unpaired) electrons. The molecule has 0 saturated heterocycles. The van der Waals surface area contributed by atoms with Gasteiger partial charge in [-0.05, 0) is 89.4 Å². The highest BCUT2D eigenvalue weighted by Gasteiger charge is 2.42. The first kappa shape index (κ1) is 33.8.